The lowest BCUT2D eigenvalue weighted by molar-refractivity contribution is -0.141. The Kier molecular flexibility index (Phi) is 6.65. The summed E-state index contributed by atoms with van der Waals surface area (Å²) in [6, 6.07) is 0.263. The molecule has 0 radical (unpaired) electrons. The van der Waals surface area contributed by atoms with E-state index in [-0.39, 0.29) is 53.0 Å². The van der Waals surface area contributed by atoms with Crippen molar-refractivity contribution in [1.82, 2.24) is 10.6 Å². The molecule has 29 heavy (non-hydrogen) atoms. The molecule has 1 unspecified atom stereocenters. The van der Waals surface area contributed by atoms with Crippen molar-refractivity contribution in [3.05, 3.63) is 33.7 Å². The van der Waals surface area contributed by atoms with E-state index in [9.17, 15) is 34.5 Å². The fourth-order valence-electron chi connectivity index (χ4n) is 2.90. The quantitative estimate of drug-likeness (QED) is 0.261. The summed E-state index contributed by atoms with van der Waals surface area (Å²) < 4.78 is 5.07. The first-order valence-corrected chi connectivity index (χ1v) is 8.64. The number of aromatic hydroxyl groups is 2. The summed E-state index contributed by atoms with van der Waals surface area (Å²) in [5.74, 6) is -2.62. The van der Waals surface area contributed by atoms with Gasteiger partial charge in [0.1, 0.15) is 23.1 Å². The zero-order chi connectivity index (χ0) is 21.7. The lowest BCUT2D eigenvalue weighted by Crippen LogP contribution is -2.42. The monoisotopic (exact) mass is 407 g/mol. The van der Waals surface area contributed by atoms with Gasteiger partial charge in [-0.25, -0.2) is 14.4 Å². The van der Waals surface area contributed by atoms with Gasteiger partial charge >= 0.3 is 17.6 Å². The van der Waals surface area contributed by atoms with Gasteiger partial charge in [0.15, 0.2) is 0 Å². The number of carboxylic acid groups (broad SMARTS) is 1. The second-order valence-electron chi connectivity index (χ2n) is 6.40. The molecule has 156 valence electrons. The lowest BCUT2D eigenvalue weighted by Gasteiger charge is -2.15. The average molecular weight is 407 g/mol. The molecule has 7 N–H and O–H groups in total. The van der Waals surface area contributed by atoms with E-state index in [1.165, 1.54) is 6.92 Å². The Hall–Kier alpha value is -3.76. The van der Waals surface area contributed by atoms with Crippen molar-refractivity contribution in [3.8, 4) is 11.5 Å². The van der Waals surface area contributed by atoms with E-state index < -0.39 is 36.0 Å². The molecule has 1 aromatic carbocycles. The topological polar surface area (TPSA) is 192 Å². The van der Waals surface area contributed by atoms with Crippen LogP contribution in [-0.4, -0.2) is 45.8 Å². The van der Waals surface area contributed by atoms with E-state index in [4.69, 9.17) is 10.2 Å². The molecule has 2 aromatic rings. The number of phenolic OH excluding ortho intramolecular Hbond substituents is 2. The molecule has 1 heterocycles. The van der Waals surface area contributed by atoms with Crippen LogP contribution in [0.15, 0.2) is 21.3 Å². The third kappa shape index (κ3) is 5.37. The zero-order valence-electron chi connectivity index (χ0n) is 15.5. The Bertz CT molecular complexity index is 1010. The standard InChI is InChI=1S/C18H21N3O8/c1-8-10(17(27)29-13-6-9(22)5-12(23)15(8)13)7-14(24)21-11(16(25)26)3-2-4-20-18(19)28/h5-6,11,22-23H,2-4,7H2,1H3,(H,21,24)(H,25,26)(H3,19,20,28). The van der Waals surface area contributed by atoms with E-state index in [0.717, 1.165) is 12.1 Å². The molecule has 3 amide bonds. The molecule has 0 saturated carbocycles. The van der Waals surface area contributed by atoms with Gasteiger partial charge in [0, 0.05) is 18.7 Å². The summed E-state index contributed by atoms with van der Waals surface area (Å²) in [4.78, 5) is 46.5. The Morgan fingerprint density at radius 2 is 1.93 bits per heavy atom. The molecule has 0 bridgehead atoms. The third-order valence-electron chi connectivity index (χ3n) is 4.28. The van der Waals surface area contributed by atoms with Crippen LogP contribution >= 0.6 is 0 Å². The van der Waals surface area contributed by atoms with Crippen molar-refractivity contribution >= 4 is 28.9 Å². The highest BCUT2D eigenvalue weighted by atomic mass is 16.4. The van der Waals surface area contributed by atoms with Crippen LogP contribution in [0, 0.1) is 6.92 Å². The van der Waals surface area contributed by atoms with Crippen LogP contribution in [0.4, 0.5) is 4.79 Å². The summed E-state index contributed by atoms with van der Waals surface area (Å²) in [5.41, 5.74) is 4.27. The lowest BCUT2D eigenvalue weighted by atomic mass is 10.0. The van der Waals surface area contributed by atoms with Gasteiger partial charge in [-0.1, -0.05) is 0 Å². The van der Waals surface area contributed by atoms with Crippen molar-refractivity contribution < 1.29 is 34.1 Å². The highest BCUT2D eigenvalue weighted by molar-refractivity contribution is 5.90. The number of urea groups is 1. The Morgan fingerprint density at radius 3 is 2.55 bits per heavy atom. The number of primary amides is 1. The maximum atomic E-state index is 12.3. The van der Waals surface area contributed by atoms with Crippen molar-refractivity contribution in [2.24, 2.45) is 5.73 Å². The van der Waals surface area contributed by atoms with E-state index in [1.54, 1.807) is 0 Å². The van der Waals surface area contributed by atoms with Gasteiger partial charge in [-0.05, 0) is 25.3 Å². The van der Waals surface area contributed by atoms with Gasteiger partial charge in [-0.15, -0.1) is 0 Å². The van der Waals surface area contributed by atoms with E-state index >= 15 is 0 Å². The van der Waals surface area contributed by atoms with Crippen molar-refractivity contribution in [3.63, 3.8) is 0 Å². The number of carboxylic acids is 1. The van der Waals surface area contributed by atoms with Gasteiger partial charge in [-0.2, -0.15) is 0 Å². The molecule has 0 fully saturated rings. The maximum Gasteiger partial charge on any atom is 0.340 e. The van der Waals surface area contributed by atoms with Gasteiger partial charge in [0.25, 0.3) is 0 Å². The number of rotatable bonds is 8. The predicted molar refractivity (Wildman–Crippen MR) is 101 cm³/mol. The normalized spacial score (nSPS) is 11.8. The largest absolute Gasteiger partial charge is 0.508 e. The first kappa shape index (κ1) is 21.5. The van der Waals surface area contributed by atoms with Gasteiger partial charge in [-0.3, -0.25) is 4.79 Å². The number of benzene rings is 1. The van der Waals surface area contributed by atoms with Gasteiger partial charge in [0.05, 0.1) is 17.4 Å². The van der Waals surface area contributed by atoms with Crippen molar-refractivity contribution in [1.29, 1.82) is 0 Å². The number of hydrogen-bond acceptors (Lipinski definition) is 7. The van der Waals surface area contributed by atoms with Crippen LogP contribution in [0.2, 0.25) is 0 Å². The van der Waals surface area contributed by atoms with Gasteiger partial charge in [0.2, 0.25) is 5.91 Å². The first-order valence-electron chi connectivity index (χ1n) is 8.64. The molecule has 2 rings (SSSR count). The van der Waals surface area contributed by atoms with Crippen LogP contribution < -0.4 is 22.0 Å². The summed E-state index contributed by atoms with van der Waals surface area (Å²) in [6.45, 7) is 1.65. The SMILES string of the molecule is Cc1c(CC(=O)NC(CCCNC(N)=O)C(=O)O)c(=O)oc2cc(O)cc(O)c12. The van der Waals surface area contributed by atoms with Crippen molar-refractivity contribution in [2.75, 3.05) is 6.54 Å². The van der Waals surface area contributed by atoms with Crippen molar-refractivity contribution in [2.45, 2.75) is 32.2 Å². The number of amides is 3. The number of aliphatic carboxylic acids is 1. The highest BCUT2D eigenvalue weighted by Gasteiger charge is 2.22. The van der Waals surface area contributed by atoms with Crippen LogP contribution in [0.5, 0.6) is 11.5 Å². The molecule has 0 spiro atoms. The molecule has 11 heteroatoms. The molecule has 11 nitrogen and oxygen atoms in total. The zero-order valence-corrected chi connectivity index (χ0v) is 15.5. The molecule has 0 aliphatic heterocycles. The Balaban J connectivity index is 2.16. The summed E-state index contributed by atoms with van der Waals surface area (Å²) in [6.07, 6.45) is -0.171. The van der Waals surface area contributed by atoms with Crippen LogP contribution in [-0.2, 0) is 16.0 Å². The van der Waals surface area contributed by atoms with Crippen LogP contribution in [0.3, 0.4) is 0 Å². The second-order valence-corrected chi connectivity index (χ2v) is 6.40. The van der Waals surface area contributed by atoms with E-state index in [2.05, 4.69) is 10.6 Å². The number of nitrogens with one attached hydrogen (secondary N) is 2. The molecular weight excluding hydrogens is 386 g/mol. The Morgan fingerprint density at radius 1 is 1.24 bits per heavy atom. The fraction of sp³-hybridized carbons (Fsp3) is 0.333. The molecule has 1 atom stereocenters. The number of fused-ring (bicyclic) bond motifs is 1. The molecule has 0 aliphatic rings. The summed E-state index contributed by atoms with van der Waals surface area (Å²) >= 11 is 0. The summed E-state index contributed by atoms with van der Waals surface area (Å²) in [7, 11) is 0. The number of aryl methyl sites for hydroxylation is 1. The molecule has 0 aliphatic carbocycles. The average Bonchev–Trinajstić information content (AvgIpc) is 2.59. The minimum absolute atomic E-state index is 0.0345. The second kappa shape index (κ2) is 8.95. The number of carbonyl (C=O) groups excluding carboxylic acids is 2. The van der Waals surface area contributed by atoms with Gasteiger partial charge < -0.3 is 36.1 Å². The Labute approximate surface area is 164 Å². The molecule has 0 saturated heterocycles. The summed E-state index contributed by atoms with van der Waals surface area (Å²) in [5, 5.41) is 33.6. The predicted octanol–water partition coefficient (Wildman–Crippen LogP) is 0.0730. The number of nitrogens with two attached hydrogens (primary N) is 1. The highest BCUT2D eigenvalue weighted by Crippen LogP contribution is 2.32. The maximum absolute atomic E-state index is 12.3. The minimum atomic E-state index is -1.27. The first-order chi connectivity index (χ1) is 13.6. The number of phenols is 2. The molecular formula is C18H21N3O8. The van der Waals surface area contributed by atoms with E-state index in [1.807, 2.05) is 0 Å². The fourth-order valence-corrected chi connectivity index (χ4v) is 2.90. The molecule has 1 aromatic heterocycles. The smallest absolute Gasteiger partial charge is 0.340 e. The number of hydrogen-bond donors (Lipinski definition) is 6. The van der Waals surface area contributed by atoms with Crippen LogP contribution in [0.25, 0.3) is 11.0 Å². The number of carbonyl (C=O) groups is 3. The van der Waals surface area contributed by atoms with Crippen LogP contribution in [0.1, 0.15) is 24.0 Å². The minimum Gasteiger partial charge on any atom is -0.508 e. The van der Waals surface area contributed by atoms with E-state index in [0.29, 0.717) is 0 Å². The third-order valence-corrected chi connectivity index (χ3v) is 4.28.